The first-order valence-corrected chi connectivity index (χ1v) is 5.95. The van der Waals surface area contributed by atoms with Gasteiger partial charge in [-0.05, 0) is 31.4 Å². The summed E-state index contributed by atoms with van der Waals surface area (Å²) in [6.45, 7) is 2.71. The lowest BCUT2D eigenvalue weighted by Gasteiger charge is -2.26. The first-order valence-electron chi connectivity index (χ1n) is 5.95. The van der Waals surface area contributed by atoms with Gasteiger partial charge < -0.3 is 15.1 Å². The monoisotopic (exact) mass is 235 g/mol. The molecule has 0 aliphatic carbocycles. The summed E-state index contributed by atoms with van der Waals surface area (Å²) in [5.41, 5.74) is 1.69. The lowest BCUT2D eigenvalue weighted by Crippen LogP contribution is -2.36. The van der Waals surface area contributed by atoms with E-state index in [0.29, 0.717) is 12.8 Å². The number of carboxylic acid groups (broad SMARTS) is 1. The fraction of sp³-hybridized carbons (Fsp3) is 0.462. The van der Waals surface area contributed by atoms with Crippen LogP contribution in [0.1, 0.15) is 25.3 Å². The average molecular weight is 235 g/mol. The van der Waals surface area contributed by atoms with Crippen LogP contribution < -0.4 is 4.90 Å². The Morgan fingerprint density at radius 1 is 1.53 bits per heavy atom. The zero-order valence-electron chi connectivity index (χ0n) is 9.89. The number of rotatable bonds is 3. The molecule has 0 bridgehead atoms. The minimum atomic E-state index is -0.784. The molecule has 1 aromatic rings. The molecule has 17 heavy (non-hydrogen) atoms. The number of phenols is 1. The number of hydrogen-bond donors (Lipinski definition) is 2. The van der Waals surface area contributed by atoms with Crippen LogP contribution in [0.4, 0.5) is 5.69 Å². The van der Waals surface area contributed by atoms with Crippen LogP contribution in [0.15, 0.2) is 18.2 Å². The van der Waals surface area contributed by atoms with Gasteiger partial charge in [-0.1, -0.05) is 13.0 Å². The highest BCUT2D eigenvalue weighted by Crippen LogP contribution is 2.33. The van der Waals surface area contributed by atoms with Crippen molar-refractivity contribution in [3.63, 3.8) is 0 Å². The zero-order chi connectivity index (χ0) is 12.4. The number of hydrogen-bond acceptors (Lipinski definition) is 3. The second-order valence-corrected chi connectivity index (χ2v) is 4.32. The van der Waals surface area contributed by atoms with E-state index in [-0.39, 0.29) is 5.75 Å². The van der Waals surface area contributed by atoms with Crippen LogP contribution >= 0.6 is 0 Å². The molecule has 2 N–H and O–H groups in total. The molecule has 1 atom stereocenters. The number of nitrogens with zero attached hydrogens (tertiary/aromatic N) is 1. The third kappa shape index (κ3) is 2.07. The first kappa shape index (κ1) is 11.8. The second kappa shape index (κ2) is 4.65. The Labute approximate surface area is 100 Å². The summed E-state index contributed by atoms with van der Waals surface area (Å²) in [5, 5.41) is 19.0. The molecular weight excluding hydrogens is 218 g/mol. The van der Waals surface area contributed by atoms with Crippen molar-refractivity contribution in [2.75, 3.05) is 11.4 Å². The topological polar surface area (TPSA) is 60.8 Å². The molecule has 1 aliphatic rings. The number of aromatic hydroxyl groups is 1. The zero-order valence-corrected chi connectivity index (χ0v) is 9.89. The Hall–Kier alpha value is -1.71. The fourth-order valence-electron chi connectivity index (χ4n) is 2.51. The largest absolute Gasteiger partial charge is 0.508 e. The average Bonchev–Trinajstić information content (AvgIpc) is 2.77. The van der Waals surface area contributed by atoms with E-state index in [9.17, 15) is 15.0 Å². The minimum Gasteiger partial charge on any atom is -0.508 e. The second-order valence-electron chi connectivity index (χ2n) is 4.32. The molecular formula is C13H17NO3. The molecule has 1 heterocycles. The van der Waals surface area contributed by atoms with Crippen molar-refractivity contribution in [3.05, 3.63) is 23.8 Å². The normalized spacial score (nSPS) is 19.6. The molecule has 4 nitrogen and oxygen atoms in total. The summed E-state index contributed by atoms with van der Waals surface area (Å²) in [4.78, 5) is 13.1. The van der Waals surface area contributed by atoms with E-state index in [1.54, 1.807) is 12.1 Å². The minimum absolute atomic E-state index is 0.251. The van der Waals surface area contributed by atoms with Crippen LogP contribution in [0.2, 0.25) is 0 Å². The molecule has 92 valence electrons. The number of carboxylic acids is 1. The Balaban J connectivity index is 2.39. The molecule has 1 unspecified atom stereocenters. The van der Waals surface area contributed by atoms with Crippen LogP contribution in [0.3, 0.4) is 0 Å². The maximum Gasteiger partial charge on any atom is 0.326 e. The van der Waals surface area contributed by atoms with Gasteiger partial charge in [0.2, 0.25) is 0 Å². The van der Waals surface area contributed by atoms with Gasteiger partial charge in [0.05, 0.1) is 0 Å². The first-order chi connectivity index (χ1) is 8.15. The summed E-state index contributed by atoms with van der Waals surface area (Å²) >= 11 is 0. The van der Waals surface area contributed by atoms with Gasteiger partial charge in [0.25, 0.3) is 0 Å². The van der Waals surface area contributed by atoms with E-state index >= 15 is 0 Å². The van der Waals surface area contributed by atoms with E-state index in [1.807, 2.05) is 17.9 Å². The SMILES string of the molecule is CCc1c(O)cccc1N1CCCC1C(=O)O. The summed E-state index contributed by atoms with van der Waals surface area (Å²) in [6.07, 6.45) is 2.26. The van der Waals surface area contributed by atoms with E-state index in [4.69, 9.17) is 0 Å². The fourth-order valence-corrected chi connectivity index (χ4v) is 2.51. The lowest BCUT2D eigenvalue weighted by atomic mass is 10.1. The van der Waals surface area contributed by atoms with Gasteiger partial charge in [-0.3, -0.25) is 0 Å². The summed E-state index contributed by atoms with van der Waals surface area (Å²) in [7, 11) is 0. The molecule has 1 fully saturated rings. The number of benzene rings is 1. The number of aliphatic carboxylic acids is 1. The summed E-state index contributed by atoms with van der Waals surface area (Å²) in [5.74, 6) is -0.533. The van der Waals surface area contributed by atoms with E-state index in [2.05, 4.69) is 0 Å². The Morgan fingerprint density at radius 3 is 2.94 bits per heavy atom. The lowest BCUT2D eigenvalue weighted by molar-refractivity contribution is -0.138. The van der Waals surface area contributed by atoms with Gasteiger partial charge in [-0.2, -0.15) is 0 Å². The van der Waals surface area contributed by atoms with Crippen LogP contribution in [0, 0.1) is 0 Å². The van der Waals surface area contributed by atoms with Gasteiger partial charge in [0.1, 0.15) is 11.8 Å². The van der Waals surface area contributed by atoms with Crippen LogP contribution in [0.25, 0.3) is 0 Å². The molecule has 1 aliphatic heterocycles. The molecule has 4 heteroatoms. The van der Waals surface area contributed by atoms with E-state index in [1.165, 1.54) is 0 Å². The van der Waals surface area contributed by atoms with Crippen LogP contribution in [-0.2, 0) is 11.2 Å². The summed E-state index contributed by atoms with van der Waals surface area (Å²) in [6, 6.07) is 4.84. The van der Waals surface area contributed by atoms with Crippen LogP contribution in [0.5, 0.6) is 5.75 Å². The molecule has 1 aromatic carbocycles. The molecule has 0 amide bonds. The maximum atomic E-state index is 11.2. The standard InChI is InChI=1S/C13H17NO3/c1-2-9-10(5-3-7-12(9)15)14-8-4-6-11(14)13(16)17/h3,5,7,11,15H,2,4,6,8H2,1H3,(H,16,17). The molecule has 0 radical (unpaired) electrons. The molecule has 2 rings (SSSR count). The molecule has 0 spiro atoms. The van der Waals surface area contributed by atoms with Crippen molar-refractivity contribution < 1.29 is 15.0 Å². The van der Waals surface area contributed by atoms with Crippen molar-refractivity contribution in [2.24, 2.45) is 0 Å². The van der Waals surface area contributed by atoms with Gasteiger partial charge in [-0.15, -0.1) is 0 Å². The highest BCUT2D eigenvalue weighted by atomic mass is 16.4. The van der Waals surface area contributed by atoms with E-state index < -0.39 is 12.0 Å². The Kier molecular flexibility index (Phi) is 3.22. The van der Waals surface area contributed by atoms with Crippen molar-refractivity contribution >= 4 is 11.7 Å². The predicted octanol–water partition coefficient (Wildman–Crippen LogP) is 2.01. The smallest absolute Gasteiger partial charge is 0.326 e. The summed E-state index contributed by atoms with van der Waals surface area (Å²) < 4.78 is 0. The van der Waals surface area contributed by atoms with Gasteiger partial charge in [0, 0.05) is 17.8 Å². The van der Waals surface area contributed by atoms with Crippen LogP contribution in [-0.4, -0.2) is 28.8 Å². The van der Waals surface area contributed by atoms with Crippen molar-refractivity contribution in [3.8, 4) is 5.75 Å². The maximum absolute atomic E-state index is 11.2. The third-order valence-corrected chi connectivity index (χ3v) is 3.33. The molecule has 1 saturated heterocycles. The number of phenolic OH excluding ortho intramolecular Hbond substituents is 1. The van der Waals surface area contributed by atoms with Gasteiger partial charge in [0.15, 0.2) is 0 Å². The molecule has 0 saturated carbocycles. The van der Waals surface area contributed by atoms with E-state index in [0.717, 1.165) is 24.2 Å². The highest BCUT2D eigenvalue weighted by Gasteiger charge is 2.31. The quantitative estimate of drug-likeness (QED) is 0.841. The number of anilines is 1. The number of carbonyl (C=O) groups is 1. The third-order valence-electron chi connectivity index (χ3n) is 3.33. The predicted molar refractivity (Wildman–Crippen MR) is 65.5 cm³/mol. The van der Waals surface area contributed by atoms with Gasteiger partial charge >= 0.3 is 5.97 Å². The Morgan fingerprint density at radius 2 is 2.29 bits per heavy atom. The highest BCUT2D eigenvalue weighted by molar-refractivity contribution is 5.80. The van der Waals surface area contributed by atoms with Crippen molar-refractivity contribution in [2.45, 2.75) is 32.2 Å². The van der Waals surface area contributed by atoms with Gasteiger partial charge in [-0.25, -0.2) is 4.79 Å². The van der Waals surface area contributed by atoms with Crippen molar-refractivity contribution in [1.82, 2.24) is 0 Å². The Bertz CT molecular complexity index is 431. The van der Waals surface area contributed by atoms with Crippen molar-refractivity contribution in [1.29, 1.82) is 0 Å². The molecule has 0 aromatic heterocycles.